The van der Waals surface area contributed by atoms with Gasteiger partial charge < -0.3 is 20.1 Å². The number of benzene rings is 2. The lowest BCUT2D eigenvalue weighted by Gasteiger charge is -2.44. The normalized spacial score (nSPS) is 22.6. The van der Waals surface area contributed by atoms with E-state index in [-0.39, 0.29) is 23.7 Å². The largest absolute Gasteiger partial charge is 0.385 e. The van der Waals surface area contributed by atoms with Crippen LogP contribution >= 0.6 is 0 Å². The van der Waals surface area contributed by atoms with Gasteiger partial charge in [0, 0.05) is 37.7 Å². The Morgan fingerprint density at radius 1 is 1.31 bits per heavy atom. The van der Waals surface area contributed by atoms with Gasteiger partial charge in [0.2, 0.25) is 5.91 Å². The number of carbonyl (C=O) groups is 1. The predicted molar refractivity (Wildman–Crippen MR) is 136 cm³/mol. The van der Waals surface area contributed by atoms with Crippen molar-refractivity contribution < 1.29 is 19.0 Å². The van der Waals surface area contributed by atoms with E-state index in [2.05, 4.69) is 19.2 Å². The van der Waals surface area contributed by atoms with Gasteiger partial charge in [-0.1, -0.05) is 56.7 Å². The molecule has 1 amide bonds. The highest BCUT2D eigenvalue weighted by Crippen LogP contribution is 2.44. The molecule has 2 aliphatic heterocycles. The molecular formula is C29H38FN2O3. The van der Waals surface area contributed by atoms with Crippen molar-refractivity contribution in [1.82, 2.24) is 10.2 Å². The minimum Gasteiger partial charge on any atom is -0.385 e. The summed E-state index contributed by atoms with van der Waals surface area (Å²) in [7, 11) is 0. The molecule has 2 fully saturated rings. The highest BCUT2D eigenvalue weighted by Gasteiger charge is 2.43. The first-order valence-corrected chi connectivity index (χ1v) is 13.0. The number of piperidine rings is 1. The van der Waals surface area contributed by atoms with E-state index < -0.39 is 5.60 Å². The van der Waals surface area contributed by atoms with Gasteiger partial charge >= 0.3 is 0 Å². The number of hydrogen-bond acceptors (Lipinski definition) is 4. The van der Waals surface area contributed by atoms with E-state index in [9.17, 15) is 9.90 Å². The van der Waals surface area contributed by atoms with E-state index in [0.29, 0.717) is 56.6 Å². The van der Waals surface area contributed by atoms with Gasteiger partial charge in [-0.2, -0.15) is 0 Å². The van der Waals surface area contributed by atoms with Crippen molar-refractivity contribution in [1.29, 1.82) is 0 Å². The SMILES string of the molecule is [CH2]CCC(O)(c1cccc(F)c1-c1cccc(CC)c1)C1CCCN(C(=O)CC2CNCCO2)C1. The Balaban J connectivity index is 1.64. The summed E-state index contributed by atoms with van der Waals surface area (Å²) in [6.07, 6.45) is 3.55. The summed E-state index contributed by atoms with van der Waals surface area (Å²) >= 11 is 0. The number of aryl methyl sites for hydroxylation is 1. The fourth-order valence-electron chi connectivity index (χ4n) is 5.62. The highest BCUT2D eigenvalue weighted by molar-refractivity contribution is 5.77. The first kappa shape index (κ1) is 25.8. The summed E-state index contributed by atoms with van der Waals surface area (Å²) in [5.41, 5.74) is 1.64. The van der Waals surface area contributed by atoms with Gasteiger partial charge in [-0.3, -0.25) is 4.79 Å². The topological polar surface area (TPSA) is 61.8 Å². The van der Waals surface area contributed by atoms with Gasteiger partial charge in [0.1, 0.15) is 5.82 Å². The molecule has 2 saturated heterocycles. The van der Waals surface area contributed by atoms with Crippen LogP contribution in [0.3, 0.4) is 0 Å². The summed E-state index contributed by atoms with van der Waals surface area (Å²) in [6, 6.07) is 12.8. The van der Waals surface area contributed by atoms with Crippen molar-refractivity contribution in [3.8, 4) is 11.1 Å². The molecule has 0 saturated carbocycles. The lowest BCUT2D eigenvalue weighted by Crippen LogP contribution is -2.49. The molecule has 3 unspecified atom stereocenters. The second-order valence-corrected chi connectivity index (χ2v) is 9.82. The smallest absolute Gasteiger partial charge is 0.225 e. The Hall–Kier alpha value is -2.28. The van der Waals surface area contributed by atoms with Crippen molar-refractivity contribution in [3.05, 3.63) is 66.3 Å². The van der Waals surface area contributed by atoms with Gasteiger partial charge in [-0.15, -0.1) is 0 Å². The first-order chi connectivity index (χ1) is 17.0. The third-order valence-electron chi connectivity index (χ3n) is 7.52. The van der Waals surface area contributed by atoms with Crippen LogP contribution in [0.15, 0.2) is 42.5 Å². The van der Waals surface area contributed by atoms with Crippen LogP contribution in [-0.2, 0) is 21.6 Å². The van der Waals surface area contributed by atoms with Crippen LogP contribution in [0.2, 0.25) is 0 Å². The summed E-state index contributed by atoms with van der Waals surface area (Å²) < 4.78 is 21.1. The van der Waals surface area contributed by atoms with E-state index in [4.69, 9.17) is 4.74 Å². The maximum Gasteiger partial charge on any atom is 0.225 e. The monoisotopic (exact) mass is 481 g/mol. The minimum atomic E-state index is -1.29. The number of rotatable bonds is 8. The molecular weight excluding hydrogens is 443 g/mol. The number of halogens is 1. The minimum absolute atomic E-state index is 0.0514. The zero-order valence-electron chi connectivity index (χ0n) is 20.8. The average molecular weight is 482 g/mol. The Labute approximate surface area is 208 Å². The van der Waals surface area contributed by atoms with E-state index in [1.165, 1.54) is 6.07 Å². The number of aliphatic hydroxyl groups is 1. The molecule has 0 aliphatic carbocycles. The molecule has 0 aromatic heterocycles. The maximum absolute atomic E-state index is 15.4. The van der Waals surface area contributed by atoms with Crippen LogP contribution in [0, 0.1) is 18.7 Å². The fourth-order valence-corrected chi connectivity index (χ4v) is 5.62. The molecule has 6 heteroatoms. The lowest BCUT2D eigenvalue weighted by atomic mass is 9.72. The molecule has 1 radical (unpaired) electrons. The molecule has 35 heavy (non-hydrogen) atoms. The number of nitrogens with zero attached hydrogens (tertiary/aromatic N) is 1. The third kappa shape index (κ3) is 5.76. The van der Waals surface area contributed by atoms with Crippen molar-refractivity contribution in [3.63, 3.8) is 0 Å². The van der Waals surface area contributed by atoms with Gasteiger partial charge in [0.15, 0.2) is 0 Å². The molecule has 2 aromatic carbocycles. The number of likely N-dealkylation sites (tertiary alicyclic amines) is 1. The predicted octanol–water partition coefficient (Wildman–Crippen LogP) is 4.47. The summed E-state index contributed by atoms with van der Waals surface area (Å²) in [5, 5.41) is 15.5. The van der Waals surface area contributed by atoms with Crippen LogP contribution in [-0.4, -0.2) is 54.8 Å². The third-order valence-corrected chi connectivity index (χ3v) is 7.52. The summed E-state index contributed by atoms with van der Waals surface area (Å²) in [4.78, 5) is 15.0. The van der Waals surface area contributed by atoms with Crippen molar-refractivity contribution >= 4 is 5.91 Å². The summed E-state index contributed by atoms with van der Waals surface area (Å²) in [5.74, 6) is -0.498. The molecule has 2 aromatic rings. The number of nitrogens with one attached hydrogen (secondary N) is 1. The number of carbonyl (C=O) groups excluding carboxylic acids is 1. The van der Waals surface area contributed by atoms with Crippen molar-refractivity contribution in [2.75, 3.05) is 32.8 Å². The van der Waals surface area contributed by atoms with Crippen molar-refractivity contribution in [2.45, 2.75) is 57.2 Å². The van der Waals surface area contributed by atoms with Gasteiger partial charge in [0.05, 0.1) is 24.7 Å². The van der Waals surface area contributed by atoms with Crippen LogP contribution in [0.5, 0.6) is 0 Å². The Morgan fingerprint density at radius 3 is 2.89 bits per heavy atom. The Morgan fingerprint density at radius 2 is 2.14 bits per heavy atom. The molecule has 4 rings (SSSR count). The standard InChI is InChI=1S/C29H38FN2O3/c1-3-13-29(34,23-10-7-15-32(20-23)27(33)18-24-19-31-14-16-35-24)25-11-6-12-26(30)28(25)22-9-5-8-21(4-2)17-22/h5-6,8-9,11-12,17,23-24,31,34H,1,3-4,7,10,13-16,18-20H2,2H3. The van der Waals surface area contributed by atoms with Crippen LogP contribution in [0.4, 0.5) is 4.39 Å². The van der Waals surface area contributed by atoms with Crippen molar-refractivity contribution in [2.24, 2.45) is 5.92 Å². The molecule has 3 atom stereocenters. The second kappa shape index (κ2) is 11.6. The zero-order chi connectivity index (χ0) is 24.8. The number of morpholine rings is 1. The molecule has 2 N–H and O–H groups in total. The Bertz CT molecular complexity index is 1010. The number of hydrogen-bond donors (Lipinski definition) is 2. The fraction of sp³-hybridized carbons (Fsp3) is 0.517. The molecule has 0 bridgehead atoms. The van der Waals surface area contributed by atoms with E-state index in [0.717, 1.165) is 36.9 Å². The number of ether oxygens (including phenoxy) is 1. The lowest BCUT2D eigenvalue weighted by molar-refractivity contribution is -0.140. The van der Waals surface area contributed by atoms with Gasteiger partial charge in [0.25, 0.3) is 0 Å². The van der Waals surface area contributed by atoms with Crippen LogP contribution < -0.4 is 5.32 Å². The van der Waals surface area contributed by atoms with E-state index in [1.807, 2.05) is 35.2 Å². The van der Waals surface area contributed by atoms with Gasteiger partial charge in [-0.25, -0.2) is 4.39 Å². The molecule has 0 spiro atoms. The van der Waals surface area contributed by atoms with Crippen LogP contribution in [0.25, 0.3) is 11.1 Å². The Kier molecular flexibility index (Phi) is 8.58. The first-order valence-electron chi connectivity index (χ1n) is 13.0. The quantitative estimate of drug-likeness (QED) is 0.584. The molecule has 189 valence electrons. The summed E-state index contributed by atoms with van der Waals surface area (Å²) in [6.45, 7) is 9.31. The second-order valence-electron chi connectivity index (χ2n) is 9.82. The van der Waals surface area contributed by atoms with E-state index in [1.54, 1.807) is 6.07 Å². The molecule has 2 aliphatic rings. The highest BCUT2D eigenvalue weighted by atomic mass is 19.1. The molecule has 5 nitrogen and oxygen atoms in total. The maximum atomic E-state index is 15.4. The average Bonchev–Trinajstić information content (AvgIpc) is 2.89. The van der Waals surface area contributed by atoms with E-state index >= 15 is 4.39 Å². The van der Waals surface area contributed by atoms with Crippen LogP contribution in [0.1, 0.15) is 50.2 Å². The van der Waals surface area contributed by atoms with Gasteiger partial charge in [-0.05, 0) is 48.4 Å². The number of amides is 1. The zero-order valence-corrected chi connectivity index (χ0v) is 20.8. The molecule has 2 heterocycles.